The van der Waals surface area contributed by atoms with E-state index in [0.717, 1.165) is 71.0 Å². The first-order chi connectivity index (χ1) is 13.3. The van der Waals surface area contributed by atoms with Gasteiger partial charge in [0.25, 0.3) is 0 Å². The van der Waals surface area contributed by atoms with Crippen molar-refractivity contribution in [2.75, 3.05) is 32.8 Å². The zero-order chi connectivity index (χ0) is 18.5. The maximum absolute atomic E-state index is 5.77. The molecule has 0 saturated carbocycles. The van der Waals surface area contributed by atoms with Gasteiger partial charge in [-0.2, -0.15) is 0 Å². The van der Waals surface area contributed by atoms with Gasteiger partial charge >= 0.3 is 0 Å². The fraction of sp³-hybridized carbons (Fsp3) is 0.650. The van der Waals surface area contributed by atoms with E-state index >= 15 is 0 Å². The van der Waals surface area contributed by atoms with Crippen LogP contribution < -0.4 is 0 Å². The van der Waals surface area contributed by atoms with Crippen LogP contribution in [0.5, 0.6) is 0 Å². The molecule has 2 saturated heterocycles. The van der Waals surface area contributed by atoms with Crippen molar-refractivity contribution in [3.63, 3.8) is 0 Å². The van der Waals surface area contributed by atoms with Crippen LogP contribution >= 0.6 is 0 Å². The Morgan fingerprint density at radius 1 is 1.15 bits per heavy atom. The molecule has 2 aromatic rings. The van der Waals surface area contributed by atoms with Crippen LogP contribution in [0.3, 0.4) is 0 Å². The van der Waals surface area contributed by atoms with Crippen LogP contribution in [0.1, 0.15) is 43.6 Å². The zero-order valence-electron chi connectivity index (χ0n) is 16.2. The molecule has 1 aromatic heterocycles. The second-order valence-electron chi connectivity index (χ2n) is 7.58. The highest BCUT2D eigenvalue weighted by atomic mass is 16.5. The lowest BCUT2D eigenvalue weighted by molar-refractivity contribution is 0.0752. The van der Waals surface area contributed by atoms with Crippen molar-refractivity contribution >= 4 is 0 Å². The van der Waals surface area contributed by atoms with Gasteiger partial charge in [-0.25, -0.2) is 4.68 Å². The van der Waals surface area contributed by atoms with Crippen molar-refractivity contribution in [2.24, 2.45) is 0 Å². The Hall–Kier alpha value is -1.83. The number of benzene rings is 1. The molecule has 2 aliphatic rings. The quantitative estimate of drug-likeness (QED) is 0.744. The molecular formula is C20H30N6O. The van der Waals surface area contributed by atoms with Gasteiger partial charge in [0.2, 0.25) is 0 Å². The number of hydrogen-bond donors (Lipinski definition) is 0. The predicted molar refractivity (Wildman–Crippen MR) is 103 cm³/mol. The van der Waals surface area contributed by atoms with Crippen molar-refractivity contribution in [1.29, 1.82) is 0 Å². The Morgan fingerprint density at radius 2 is 1.96 bits per heavy atom. The minimum absolute atomic E-state index is 0.257. The third-order valence-electron chi connectivity index (χ3n) is 5.74. The van der Waals surface area contributed by atoms with Crippen molar-refractivity contribution in [2.45, 2.75) is 51.4 Å². The summed E-state index contributed by atoms with van der Waals surface area (Å²) in [5.74, 6) is 0.990. The molecular weight excluding hydrogens is 340 g/mol. The van der Waals surface area contributed by atoms with Crippen molar-refractivity contribution in [3.8, 4) is 0 Å². The van der Waals surface area contributed by atoms with Crippen LogP contribution in [0.2, 0.25) is 0 Å². The maximum Gasteiger partial charge on any atom is 0.168 e. The van der Waals surface area contributed by atoms with Gasteiger partial charge in [-0.15, -0.1) is 5.10 Å². The molecule has 7 nitrogen and oxygen atoms in total. The average molecular weight is 371 g/mol. The summed E-state index contributed by atoms with van der Waals surface area (Å²) < 4.78 is 7.75. The van der Waals surface area contributed by atoms with E-state index in [9.17, 15) is 0 Å². The number of ether oxygens (including phenoxy) is 1. The Kier molecular flexibility index (Phi) is 6.11. The van der Waals surface area contributed by atoms with Crippen molar-refractivity contribution in [1.82, 2.24) is 30.0 Å². The summed E-state index contributed by atoms with van der Waals surface area (Å²) in [6.45, 7) is 9.16. The predicted octanol–water partition coefficient (Wildman–Crippen LogP) is 2.12. The molecule has 0 radical (unpaired) electrons. The zero-order valence-corrected chi connectivity index (χ0v) is 16.2. The second kappa shape index (κ2) is 8.91. The second-order valence-corrected chi connectivity index (χ2v) is 7.58. The Balaban J connectivity index is 1.36. The third kappa shape index (κ3) is 4.54. The highest BCUT2D eigenvalue weighted by Crippen LogP contribution is 2.25. The first-order valence-electron chi connectivity index (χ1n) is 10.2. The van der Waals surface area contributed by atoms with Crippen LogP contribution in [0.25, 0.3) is 0 Å². The molecule has 1 aromatic carbocycles. The van der Waals surface area contributed by atoms with E-state index in [-0.39, 0.29) is 12.1 Å². The summed E-state index contributed by atoms with van der Waals surface area (Å²) in [7, 11) is 0. The summed E-state index contributed by atoms with van der Waals surface area (Å²) in [5.41, 5.74) is 1.39. The van der Waals surface area contributed by atoms with E-state index < -0.39 is 0 Å². The highest BCUT2D eigenvalue weighted by molar-refractivity contribution is 5.14. The van der Waals surface area contributed by atoms with E-state index in [0.29, 0.717) is 0 Å². The third-order valence-corrected chi connectivity index (χ3v) is 5.74. The fourth-order valence-corrected chi connectivity index (χ4v) is 4.24. The lowest BCUT2D eigenvalue weighted by atomic mass is 10.1. The van der Waals surface area contributed by atoms with Crippen LogP contribution in [-0.2, 0) is 17.8 Å². The summed E-state index contributed by atoms with van der Waals surface area (Å²) in [6.07, 6.45) is 3.52. The molecule has 0 spiro atoms. The molecule has 0 N–H and O–H groups in total. The molecule has 2 aliphatic heterocycles. The lowest BCUT2D eigenvalue weighted by Crippen LogP contribution is -2.47. The Morgan fingerprint density at radius 3 is 2.67 bits per heavy atom. The van der Waals surface area contributed by atoms with E-state index in [4.69, 9.17) is 4.74 Å². The van der Waals surface area contributed by atoms with E-state index in [1.807, 2.05) is 4.68 Å². The van der Waals surface area contributed by atoms with Gasteiger partial charge in [-0.1, -0.05) is 37.3 Å². The number of piperazine rings is 1. The summed E-state index contributed by atoms with van der Waals surface area (Å²) in [5, 5.41) is 12.6. The first kappa shape index (κ1) is 18.5. The molecule has 7 heteroatoms. The first-order valence-corrected chi connectivity index (χ1v) is 10.2. The van der Waals surface area contributed by atoms with Crippen LogP contribution in [0, 0.1) is 0 Å². The monoisotopic (exact) mass is 370 g/mol. The van der Waals surface area contributed by atoms with Gasteiger partial charge in [-0.3, -0.25) is 9.80 Å². The van der Waals surface area contributed by atoms with E-state index in [1.165, 1.54) is 5.56 Å². The van der Waals surface area contributed by atoms with Gasteiger partial charge < -0.3 is 4.74 Å². The largest absolute Gasteiger partial charge is 0.376 e. The van der Waals surface area contributed by atoms with Gasteiger partial charge in [0.05, 0.1) is 18.7 Å². The molecule has 0 unspecified atom stereocenters. The van der Waals surface area contributed by atoms with E-state index in [1.54, 1.807) is 0 Å². The fourth-order valence-electron chi connectivity index (χ4n) is 4.24. The number of tetrazole rings is 1. The summed E-state index contributed by atoms with van der Waals surface area (Å²) in [4.78, 5) is 5.08. The van der Waals surface area contributed by atoms with Gasteiger partial charge in [0.1, 0.15) is 0 Å². The number of rotatable bonds is 7. The summed E-state index contributed by atoms with van der Waals surface area (Å²) in [6, 6.07) is 11.0. The molecule has 27 heavy (non-hydrogen) atoms. The smallest absolute Gasteiger partial charge is 0.168 e. The average Bonchev–Trinajstić information content (AvgIpc) is 3.38. The number of nitrogens with zero attached hydrogens (tertiary/aromatic N) is 6. The Bertz CT molecular complexity index is 692. The van der Waals surface area contributed by atoms with Gasteiger partial charge in [0.15, 0.2) is 5.82 Å². The van der Waals surface area contributed by atoms with Crippen molar-refractivity contribution in [3.05, 3.63) is 41.7 Å². The van der Waals surface area contributed by atoms with Crippen molar-refractivity contribution < 1.29 is 4.74 Å². The topological polar surface area (TPSA) is 59.3 Å². The SMILES string of the molecule is CC[C@H](c1nnnn1C[C@H]1CCCO1)N1CCN(Cc2ccccc2)CC1. The van der Waals surface area contributed by atoms with E-state index in [2.05, 4.69) is 62.6 Å². The normalized spacial score (nSPS) is 22.9. The molecule has 0 aliphatic carbocycles. The summed E-state index contributed by atoms with van der Waals surface area (Å²) >= 11 is 0. The molecule has 2 fully saturated rings. The standard InChI is InChI=1S/C20H30N6O/c1-2-19(20-21-22-23-26(20)16-18-9-6-14-27-18)25-12-10-24(11-13-25)15-17-7-4-3-5-8-17/h3-5,7-8,18-19H,2,6,9-16H2,1H3/t18-,19-/m1/s1. The van der Waals surface area contributed by atoms with Crippen LogP contribution in [0.4, 0.5) is 0 Å². The van der Waals surface area contributed by atoms with Crippen LogP contribution in [0.15, 0.2) is 30.3 Å². The molecule has 4 rings (SSSR count). The number of aromatic nitrogens is 4. The molecule has 0 amide bonds. The van der Waals surface area contributed by atoms with Gasteiger partial charge in [0, 0.05) is 39.3 Å². The minimum Gasteiger partial charge on any atom is -0.376 e. The Labute approximate surface area is 161 Å². The van der Waals surface area contributed by atoms with Gasteiger partial charge in [-0.05, 0) is 35.3 Å². The minimum atomic E-state index is 0.257. The molecule has 2 atom stereocenters. The molecule has 0 bridgehead atoms. The maximum atomic E-state index is 5.77. The molecule has 3 heterocycles. The highest BCUT2D eigenvalue weighted by Gasteiger charge is 2.29. The van der Waals surface area contributed by atoms with Crippen LogP contribution in [-0.4, -0.2) is 68.9 Å². The lowest BCUT2D eigenvalue weighted by Gasteiger charge is -2.38. The molecule has 146 valence electrons. The number of hydrogen-bond acceptors (Lipinski definition) is 6.